The standard InChI is InChI=1S/C19H17F6NO3/c1-26(7-8-29-16-5-3-15(28-2)4-6-16)17(27)12-9-13(18(20,21)22)11-14(10-12)19(23,24)25/h3-6,9-11H,7-8H2,1-2H3. The molecular formula is C19H17F6NO3. The fraction of sp³-hybridized carbons (Fsp3) is 0.316. The van der Waals surface area contributed by atoms with Crippen LogP contribution in [0.4, 0.5) is 26.3 Å². The first-order valence-electron chi connectivity index (χ1n) is 8.23. The summed E-state index contributed by atoms with van der Waals surface area (Å²) < 4.78 is 87.9. The molecule has 0 N–H and O–H groups in total. The van der Waals surface area contributed by atoms with E-state index < -0.39 is 35.0 Å². The summed E-state index contributed by atoms with van der Waals surface area (Å²) in [6, 6.07) is 7.30. The van der Waals surface area contributed by atoms with Crippen molar-refractivity contribution in [2.24, 2.45) is 0 Å². The van der Waals surface area contributed by atoms with Crippen LogP contribution < -0.4 is 9.47 Å². The second-order valence-corrected chi connectivity index (χ2v) is 6.05. The lowest BCUT2D eigenvalue weighted by Gasteiger charge is -2.19. The Labute approximate surface area is 162 Å². The maximum atomic E-state index is 12.9. The maximum Gasteiger partial charge on any atom is 0.416 e. The molecule has 4 nitrogen and oxygen atoms in total. The number of amides is 1. The van der Waals surface area contributed by atoms with Gasteiger partial charge in [-0.2, -0.15) is 26.3 Å². The Morgan fingerprint density at radius 1 is 0.897 bits per heavy atom. The zero-order valence-electron chi connectivity index (χ0n) is 15.4. The maximum absolute atomic E-state index is 12.9. The quantitative estimate of drug-likeness (QED) is 0.624. The van der Waals surface area contributed by atoms with Gasteiger partial charge in [0.1, 0.15) is 18.1 Å². The minimum absolute atomic E-state index is 0.0142. The zero-order chi connectivity index (χ0) is 21.8. The van der Waals surface area contributed by atoms with Gasteiger partial charge in [-0.3, -0.25) is 4.79 Å². The Morgan fingerprint density at radius 3 is 1.83 bits per heavy atom. The molecule has 0 radical (unpaired) electrons. The highest BCUT2D eigenvalue weighted by atomic mass is 19.4. The summed E-state index contributed by atoms with van der Waals surface area (Å²) in [5, 5.41) is 0. The zero-order valence-corrected chi connectivity index (χ0v) is 15.4. The van der Waals surface area contributed by atoms with E-state index in [1.807, 2.05) is 0 Å². The first-order chi connectivity index (χ1) is 13.4. The molecule has 2 aromatic rings. The molecule has 0 aliphatic rings. The van der Waals surface area contributed by atoms with Crippen molar-refractivity contribution >= 4 is 5.91 Å². The van der Waals surface area contributed by atoms with Gasteiger partial charge < -0.3 is 14.4 Å². The fourth-order valence-electron chi connectivity index (χ4n) is 2.37. The van der Waals surface area contributed by atoms with E-state index in [2.05, 4.69) is 0 Å². The van der Waals surface area contributed by atoms with Crippen LogP contribution in [-0.4, -0.2) is 38.1 Å². The lowest BCUT2D eigenvalue weighted by molar-refractivity contribution is -0.143. The van der Waals surface area contributed by atoms with Crippen LogP contribution in [0.15, 0.2) is 42.5 Å². The highest BCUT2D eigenvalue weighted by molar-refractivity contribution is 5.94. The molecule has 0 spiro atoms. The van der Waals surface area contributed by atoms with Crippen LogP contribution in [0.25, 0.3) is 0 Å². The minimum Gasteiger partial charge on any atom is -0.497 e. The molecule has 158 valence electrons. The first-order valence-corrected chi connectivity index (χ1v) is 8.23. The molecule has 0 aliphatic carbocycles. The molecule has 0 fully saturated rings. The first kappa shape index (κ1) is 22.4. The molecule has 0 aliphatic heterocycles. The van der Waals surface area contributed by atoms with E-state index in [0.717, 1.165) is 4.90 Å². The van der Waals surface area contributed by atoms with Crippen LogP contribution in [0.2, 0.25) is 0 Å². The third kappa shape index (κ3) is 6.03. The molecule has 0 unspecified atom stereocenters. The largest absolute Gasteiger partial charge is 0.497 e. The van der Waals surface area contributed by atoms with E-state index in [0.29, 0.717) is 23.6 Å². The topological polar surface area (TPSA) is 38.8 Å². The van der Waals surface area contributed by atoms with Crippen LogP contribution in [0.3, 0.4) is 0 Å². The predicted molar refractivity (Wildman–Crippen MR) is 91.9 cm³/mol. The number of rotatable bonds is 6. The number of benzene rings is 2. The van der Waals surface area contributed by atoms with Gasteiger partial charge in [0.2, 0.25) is 0 Å². The second-order valence-electron chi connectivity index (χ2n) is 6.05. The van der Waals surface area contributed by atoms with Crippen molar-refractivity contribution in [1.82, 2.24) is 4.90 Å². The summed E-state index contributed by atoms with van der Waals surface area (Å²) in [5.74, 6) is 0.0830. The lowest BCUT2D eigenvalue weighted by Crippen LogP contribution is -2.31. The monoisotopic (exact) mass is 421 g/mol. The summed E-state index contributed by atoms with van der Waals surface area (Å²) in [7, 11) is 2.75. The second kappa shape index (κ2) is 8.62. The van der Waals surface area contributed by atoms with E-state index in [4.69, 9.17) is 9.47 Å². The molecular weight excluding hydrogens is 404 g/mol. The van der Waals surface area contributed by atoms with Gasteiger partial charge in [0, 0.05) is 12.6 Å². The Hall–Kier alpha value is -2.91. The Balaban J connectivity index is 2.11. The number of alkyl halides is 6. The minimum atomic E-state index is -5.02. The van der Waals surface area contributed by atoms with Gasteiger partial charge in [-0.1, -0.05) is 0 Å². The van der Waals surface area contributed by atoms with E-state index >= 15 is 0 Å². The number of hydrogen-bond acceptors (Lipinski definition) is 3. The van der Waals surface area contributed by atoms with Gasteiger partial charge in [0.05, 0.1) is 24.8 Å². The van der Waals surface area contributed by atoms with Crippen molar-refractivity contribution in [3.8, 4) is 11.5 Å². The normalized spacial score (nSPS) is 11.9. The van der Waals surface area contributed by atoms with Gasteiger partial charge >= 0.3 is 12.4 Å². The van der Waals surface area contributed by atoms with Crippen molar-refractivity contribution in [1.29, 1.82) is 0 Å². The summed E-state index contributed by atoms with van der Waals surface area (Å²) in [6.07, 6.45) is -10.0. The van der Waals surface area contributed by atoms with Crippen molar-refractivity contribution in [3.05, 3.63) is 59.2 Å². The van der Waals surface area contributed by atoms with Crippen molar-refractivity contribution in [2.75, 3.05) is 27.3 Å². The Morgan fingerprint density at radius 2 is 1.38 bits per heavy atom. The molecule has 2 rings (SSSR count). The molecule has 29 heavy (non-hydrogen) atoms. The Kier molecular flexibility index (Phi) is 6.66. The third-order valence-corrected chi connectivity index (χ3v) is 3.94. The number of nitrogens with zero attached hydrogens (tertiary/aromatic N) is 1. The van der Waals surface area contributed by atoms with Crippen molar-refractivity contribution in [2.45, 2.75) is 12.4 Å². The number of likely N-dealkylation sites (N-methyl/N-ethyl adjacent to an activating group) is 1. The average molecular weight is 421 g/mol. The van der Waals surface area contributed by atoms with Crippen molar-refractivity contribution in [3.63, 3.8) is 0 Å². The summed E-state index contributed by atoms with van der Waals surface area (Å²) in [6.45, 7) is -0.0673. The highest BCUT2D eigenvalue weighted by Gasteiger charge is 2.37. The van der Waals surface area contributed by atoms with E-state index in [1.54, 1.807) is 24.3 Å². The number of carbonyl (C=O) groups is 1. The fourth-order valence-corrected chi connectivity index (χ4v) is 2.37. The molecule has 0 bridgehead atoms. The molecule has 0 saturated heterocycles. The third-order valence-electron chi connectivity index (χ3n) is 3.94. The van der Waals surface area contributed by atoms with Gasteiger partial charge in [0.25, 0.3) is 5.91 Å². The van der Waals surface area contributed by atoms with Gasteiger partial charge in [0.15, 0.2) is 0 Å². The molecule has 2 aromatic carbocycles. The van der Waals surface area contributed by atoms with Gasteiger partial charge in [-0.15, -0.1) is 0 Å². The molecule has 10 heteroatoms. The van der Waals surface area contributed by atoms with Crippen LogP contribution in [0, 0.1) is 0 Å². The predicted octanol–water partition coefficient (Wildman–Crippen LogP) is 4.88. The molecule has 1 amide bonds. The smallest absolute Gasteiger partial charge is 0.416 e. The summed E-state index contributed by atoms with van der Waals surface area (Å²) in [4.78, 5) is 13.3. The van der Waals surface area contributed by atoms with Crippen LogP contribution in [0.1, 0.15) is 21.5 Å². The van der Waals surface area contributed by atoms with E-state index in [-0.39, 0.29) is 19.2 Å². The molecule has 0 heterocycles. The van der Waals surface area contributed by atoms with Gasteiger partial charge in [-0.05, 0) is 42.5 Å². The average Bonchev–Trinajstić information content (AvgIpc) is 2.66. The number of hydrogen-bond donors (Lipinski definition) is 0. The van der Waals surface area contributed by atoms with Gasteiger partial charge in [-0.25, -0.2) is 0 Å². The molecule has 0 atom stereocenters. The highest BCUT2D eigenvalue weighted by Crippen LogP contribution is 2.36. The molecule has 0 aromatic heterocycles. The van der Waals surface area contributed by atoms with Crippen molar-refractivity contribution < 1.29 is 40.6 Å². The van der Waals surface area contributed by atoms with E-state index in [9.17, 15) is 31.1 Å². The number of halogens is 6. The number of methoxy groups -OCH3 is 1. The summed E-state index contributed by atoms with van der Waals surface area (Å²) >= 11 is 0. The SMILES string of the molecule is COc1ccc(OCCN(C)C(=O)c2cc(C(F)(F)F)cc(C(F)(F)F)c2)cc1. The number of ether oxygens (including phenoxy) is 2. The molecule has 0 saturated carbocycles. The summed E-state index contributed by atoms with van der Waals surface area (Å²) in [5.41, 5.74) is -3.80. The Bertz CT molecular complexity index is 814. The lowest BCUT2D eigenvalue weighted by atomic mass is 10.0. The van der Waals surface area contributed by atoms with Crippen LogP contribution in [0.5, 0.6) is 11.5 Å². The van der Waals surface area contributed by atoms with Crippen LogP contribution in [-0.2, 0) is 12.4 Å². The van der Waals surface area contributed by atoms with Crippen LogP contribution >= 0.6 is 0 Å². The number of carbonyl (C=O) groups excluding carboxylic acids is 1. The van der Waals surface area contributed by atoms with E-state index in [1.165, 1.54) is 14.2 Å².